The molecule has 2 atom stereocenters. The maximum Gasteiger partial charge on any atom is 0.230 e. The first kappa shape index (κ1) is 22.5. The van der Waals surface area contributed by atoms with E-state index in [4.69, 9.17) is 4.74 Å². The lowest BCUT2D eigenvalue weighted by Crippen LogP contribution is -2.21. The van der Waals surface area contributed by atoms with Gasteiger partial charge in [0, 0.05) is 6.42 Å². The number of carbonyl (C=O) groups is 2. The van der Waals surface area contributed by atoms with Crippen molar-refractivity contribution in [3.63, 3.8) is 0 Å². The summed E-state index contributed by atoms with van der Waals surface area (Å²) in [6.07, 6.45) is 6.66. The average Bonchev–Trinajstić information content (AvgIpc) is 3.44. The summed E-state index contributed by atoms with van der Waals surface area (Å²) in [6, 6.07) is 4.53. The lowest BCUT2D eigenvalue weighted by molar-refractivity contribution is -0.125. The molecular weight excluding hydrogens is 409 g/mol. The van der Waals surface area contributed by atoms with Crippen molar-refractivity contribution in [2.24, 2.45) is 11.8 Å². The minimum Gasteiger partial charge on any atom is -0.490 e. The van der Waals surface area contributed by atoms with E-state index < -0.39 is 15.7 Å². The molecule has 2 fully saturated rings. The predicted molar refractivity (Wildman–Crippen MR) is 111 cm³/mol. The molecule has 1 unspecified atom stereocenters. The van der Waals surface area contributed by atoms with Crippen molar-refractivity contribution in [1.29, 1.82) is 0 Å². The Hall–Kier alpha value is -2.22. The zero-order valence-electron chi connectivity index (χ0n) is 17.1. The molecule has 2 aliphatic rings. The van der Waals surface area contributed by atoms with Crippen LogP contribution in [0.1, 0.15) is 50.5 Å². The fourth-order valence-corrected chi connectivity index (χ4v) is 5.03. The highest BCUT2D eigenvalue weighted by Gasteiger charge is 2.29. The summed E-state index contributed by atoms with van der Waals surface area (Å²) in [5.41, 5.74) is 0.734. The topological polar surface area (TPSA) is 89.5 Å². The van der Waals surface area contributed by atoms with Crippen LogP contribution in [0.4, 0.5) is 4.39 Å². The van der Waals surface area contributed by atoms with Crippen molar-refractivity contribution in [1.82, 2.24) is 5.32 Å². The fraction of sp³-hybridized carbons (Fsp3) is 0.545. The van der Waals surface area contributed by atoms with Gasteiger partial charge in [-0.15, -0.1) is 0 Å². The lowest BCUT2D eigenvalue weighted by atomic mass is 10.0. The van der Waals surface area contributed by atoms with Gasteiger partial charge in [0.2, 0.25) is 11.8 Å². The monoisotopic (exact) mass is 437 g/mol. The van der Waals surface area contributed by atoms with E-state index in [1.807, 2.05) is 0 Å². The molecular formula is C22H28FNO5S. The molecule has 0 radical (unpaired) electrons. The molecule has 164 valence electrons. The van der Waals surface area contributed by atoms with Crippen molar-refractivity contribution < 1.29 is 27.1 Å². The third kappa shape index (κ3) is 6.65. The number of hydrogen-bond acceptors (Lipinski definition) is 5. The van der Waals surface area contributed by atoms with Crippen LogP contribution in [0.2, 0.25) is 0 Å². The first-order valence-corrected chi connectivity index (χ1v) is 12.2. The van der Waals surface area contributed by atoms with E-state index in [9.17, 15) is 22.4 Å². The molecule has 30 heavy (non-hydrogen) atoms. The van der Waals surface area contributed by atoms with Crippen LogP contribution in [0.15, 0.2) is 30.4 Å². The Morgan fingerprint density at radius 3 is 2.70 bits per heavy atom. The molecule has 0 bridgehead atoms. The molecule has 1 aliphatic carbocycles. The smallest absolute Gasteiger partial charge is 0.230 e. The summed E-state index contributed by atoms with van der Waals surface area (Å²) in [4.78, 5) is 22.6. The van der Waals surface area contributed by atoms with Crippen LogP contribution in [-0.2, 0) is 19.4 Å². The molecule has 2 amide bonds. The molecule has 1 aliphatic heterocycles. The number of sulfone groups is 1. The highest BCUT2D eigenvalue weighted by molar-refractivity contribution is 7.91. The molecule has 0 spiro atoms. The van der Waals surface area contributed by atoms with Gasteiger partial charge < -0.3 is 4.74 Å². The predicted octanol–water partition coefficient (Wildman–Crippen LogP) is 3.13. The lowest BCUT2D eigenvalue weighted by Gasteiger charge is -2.14. The van der Waals surface area contributed by atoms with Gasteiger partial charge in [-0.1, -0.05) is 25.1 Å². The Morgan fingerprint density at radius 2 is 2.03 bits per heavy atom. The normalized spacial score (nSPS) is 20.5. The molecule has 1 saturated heterocycles. The van der Waals surface area contributed by atoms with E-state index in [0.717, 1.165) is 18.4 Å². The van der Waals surface area contributed by atoms with Crippen molar-refractivity contribution in [3.05, 3.63) is 41.7 Å². The van der Waals surface area contributed by atoms with Gasteiger partial charge in [-0.2, -0.15) is 0 Å². The molecule has 1 N–H and O–H groups in total. The van der Waals surface area contributed by atoms with Gasteiger partial charge >= 0.3 is 0 Å². The molecule has 1 saturated carbocycles. The van der Waals surface area contributed by atoms with Gasteiger partial charge in [0.05, 0.1) is 24.0 Å². The minimum atomic E-state index is -3.31. The Kier molecular flexibility index (Phi) is 7.28. The van der Waals surface area contributed by atoms with E-state index in [1.165, 1.54) is 6.07 Å². The number of imide groups is 1. The average molecular weight is 438 g/mol. The van der Waals surface area contributed by atoms with Gasteiger partial charge in [0.25, 0.3) is 0 Å². The second-order valence-electron chi connectivity index (χ2n) is 8.27. The number of rotatable bonds is 11. The second-order valence-corrected chi connectivity index (χ2v) is 10.5. The third-order valence-corrected chi connectivity index (χ3v) is 7.31. The fourth-order valence-electron chi connectivity index (χ4n) is 3.41. The molecule has 6 nitrogen and oxygen atoms in total. The van der Waals surface area contributed by atoms with Crippen molar-refractivity contribution in [2.45, 2.75) is 44.9 Å². The van der Waals surface area contributed by atoms with Gasteiger partial charge in [0.15, 0.2) is 21.4 Å². The third-order valence-electron chi connectivity index (χ3n) is 5.45. The molecule has 1 aromatic rings. The van der Waals surface area contributed by atoms with Gasteiger partial charge in [0.1, 0.15) is 0 Å². The summed E-state index contributed by atoms with van der Waals surface area (Å²) < 4.78 is 44.4. The SMILES string of the molecule is C[C@@H](CS(=O)(=O)CC/C=C/CC1CC(=O)NC1=O)c1ccc(F)c(OCC2CC2)c1. The van der Waals surface area contributed by atoms with E-state index in [-0.39, 0.29) is 47.3 Å². The number of nitrogens with one attached hydrogen (secondary N) is 1. The first-order valence-electron chi connectivity index (χ1n) is 10.3. The Balaban J connectivity index is 1.47. The molecule has 1 aromatic carbocycles. The first-order chi connectivity index (χ1) is 14.2. The van der Waals surface area contributed by atoms with Gasteiger partial charge in [-0.05, 0) is 55.2 Å². The molecule has 0 aromatic heterocycles. The van der Waals surface area contributed by atoms with E-state index >= 15 is 0 Å². The van der Waals surface area contributed by atoms with Crippen LogP contribution in [0.5, 0.6) is 5.75 Å². The second kappa shape index (κ2) is 9.73. The van der Waals surface area contributed by atoms with E-state index in [0.29, 0.717) is 25.4 Å². The summed E-state index contributed by atoms with van der Waals surface area (Å²) in [6.45, 7) is 2.30. The highest BCUT2D eigenvalue weighted by Crippen LogP contribution is 2.31. The van der Waals surface area contributed by atoms with Crippen molar-refractivity contribution in [2.75, 3.05) is 18.1 Å². The maximum atomic E-state index is 13.9. The Bertz CT molecular complexity index is 923. The van der Waals surface area contributed by atoms with Crippen molar-refractivity contribution in [3.8, 4) is 5.75 Å². The van der Waals surface area contributed by atoms with Crippen LogP contribution in [-0.4, -0.2) is 38.3 Å². The number of allylic oxidation sites excluding steroid dienone is 2. The van der Waals surface area contributed by atoms with Crippen LogP contribution < -0.4 is 10.1 Å². The van der Waals surface area contributed by atoms with Crippen LogP contribution in [0.3, 0.4) is 0 Å². The summed E-state index contributed by atoms with van der Waals surface area (Å²) >= 11 is 0. The number of amides is 2. The maximum absolute atomic E-state index is 13.9. The summed E-state index contributed by atoms with van der Waals surface area (Å²) in [5.74, 6) is -0.969. The van der Waals surface area contributed by atoms with E-state index in [2.05, 4.69) is 5.32 Å². The summed E-state index contributed by atoms with van der Waals surface area (Å²) in [5, 5.41) is 2.25. The Morgan fingerprint density at radius 1 is 1.27 bits per heavy atom. The number of carbonyl (C=O) groups excluding carboxylic acids is 2. The van der Waals surface area contributed by atoms with Gasteiger partial charge in [-0.25, -0.2) is 12.8 Å². The number of halogens is 1. The zero-order chi connectivity index (χ0) is 21.7. The van der Waals surface area contributed by atoms with Crippen LogP contribution in [0.25, 0.3) is 0 Å². The zero-order valence-corrected chi connectivity index (χ0v) is 17.9. The number of ether oxygens (including phenoxy) is 1. The standard InChI is InChI=1S/C22H28FNO5S/c1-15(17-8-9-19(23)20(11-17)29-13-16-6-7-16)14-30(27,28)10-4-2-3-5-18-12-21(25)24-22(18)26/h2-3,8-9,11,15-16,18H,4-7,10,12-14H2,1H3,(H,24,25,26)/b3-2+/t15-,18?/m0/s1. The van der Waals surface area contributed by atoms with Gasteiger partial charge in [-0.3, -0.25) is 14.9 Å². The molecule has 1 heterocycles. The molecule has 8 heteroatoms. The summed E-state index contributed by atoms with van der Waals surface area (Å²) in [7, 11) is -3.31. The largest absolute Gasteiger partial charge is 0.490 e. The van der Waals surface area contributed by atoms with Crippen LogP contribution >= 0.6 is 0 Å². The number of hydrogen-bond donors (Lipinski definition) is 1. The highest BCUT2D eigenvalue weighted by atomic mass is 32.2. The molecule has 3 rings (SSSR count). The van der Waals surface area contributed by atoms with E-state index in [1.54, 1.807) is 31.2 Å². The Labute approximate surface area is 176 Å². The number of benzene rings is 1. The van der Waals surface area contributed by atoms with Crippen LogP contribution in [0, 0.1) is 17.7 Å². The van der Waals surface area contributed by atoms with Crippen molar-refractivity contribution >= 4 is 21.7 Å². The quantitative estimate of drug-likeness (QED) is 0.424. The minimum absolute atomic E-state index is 0.00410.